The summed E-state index contributed by atoms with van der Waals surface area (Å²) in [6, 6.07) is 9.54. The molecule has 2 amide bonds. The van der Waals surface area contributed by atoms with Gasteiger partial charge >= 0.3 is 0 Å². The van der Waals surface area contributed by atoms with E-state index in [4.69, 9.17) is 4.74 Å². The Hall–Kier alpha value is -3.51. The number of carbonyl (C=O) groups excluding carboxylic acids is 2. The number of ether oxygens (including phenoxy) is 1. The molecule has 0 bridgehead atoms. The first kappa shape index (κ1) is 23.2. The molecule has 3 rings (SSSR count). The SMILES string of the molecule is COc1ccc(S(=O)(=O)N(C)CC(=O)N2c3ccccc3NC(=O)CC2C)c([N+](=O)[O-])c1. The van der Waals surface area contributed by atoms with Crippen LogP contribution in [0.3, 0.4) is 0 Å². The topological polar surface area (TPSA) is 139 Å². The highest BCUT2D eigenvalue weighted by Crippen LogP contribution is 2.33. The summed E-state index contributed by atoms with van der Waals surface area (Å²) in [4.78, 5) is 36.7. The maximum Gasteiger partial charge on any atom is 0.293 e. The van der Waals surface area contributed by atoms with Gasteiger partial charge in [-0.15, -0.1) is 0 Å². The molecule has 170 valence electrons. The molecular weight excluding hydrogens is 440 g/mol. The first-order valence-electron chi connectivity index (χ1n) is 9.56. The molecule has 2 aromatic rings. The van der Waals surface area contributed by atoms with Crippen molar-refractivity contribution >= 4 is 38.9 Å². The van der Waals surface area contributed by atoms with Gasteiger partial charge in [-0.2, -0.15) is 4.31 Å². The van der Waals surface area contributed by atoms with E-state index >= 15 is 0 Å². The molecule has 1 N–H and O–H groups in total. The lowest BCUT2D eigenvalue weighted by atomic mass is 10.1. The van der Waals surface area contributed by atoms with Gasteiger partial charge in [0.2, 0.25) is 21.8 Å². The van der Waals surface area contributed by atoms with Gasteiger partial charge in [0.05, 0.1) is 36.0 Å². The molecule has 0 aromatic heterocycles. The average Bonchev–Trinajstić information content (AvgIpc) is 2.86. The predicted octanol–water partition coefficient (Wildman–Crippen LogP) is 1.99. The van der Waals surface area contributed by atoms with Gasteiger partial charge in [-0.25, -0.2) is 8.42 Å². The molecule has 11 nitrogen and oxygen atoms in total. The lowest BCUT2D eigenvalue weighted by molar-refractivity contribution is -0.387. The normalized spacial score (nSPS) is 16.2. The van der Waals surface area contributed by atoms with Crippen LogP contribution in [0.15, 0.2) is 47.4 Å². The van der Waals surface area contributed by atoms with Crippen LogP contribution in [0.5, 0.6) is 5.75 Å². The molecule has 1 unspecified atom stereocenters. The number of methoxy groups -OCH3 is 1. The zero-order chi connectivity index (χ0) is 23.6. The smallest absolute Gasteiger partial charge is 0.293 e. The fourth-order valence-corrected chi connectivity index (χ4v) is 4.73. The van der Waals surface area contributed by atoms with Gasteiger partial charge in [0.15, 0.2) is 4.90 Å². The summed E-state index contributed by atoms with van der Waals surface area (Å²) in [6.45, 7) is 1.10. The summed E-state index contributed by atoms with van der Waals surface area (Å²) in [7, 11) is -1.91. The molecule has 0 radical (unpaired) electrons. The summed E-state index contributed by atoms with van der Waals surface area (Å²) >= 11 is 0. The van der Waals surface area contributed by atoms with Crippen molar-refractivity contribution in [2.24, 2.45) is 0 Å². The second kappa shape index (κ2) is 8.93. The van der Waals surface area contributed by atoms with Crippen molar-refractivity contribution in [2.75, 3.05) is 30.9 Å². The minimum Gasteiger partial charge on any atom is -0.497 e. The molecule has 2 aromatic carbocycles. The van der Waals surface area contributed by atoms with Crippen molar-refractivity contribution < 1.29 is 27.7 Å². The zero-order valence-electron chi connectivity index (χ0n) is 17.6. The van der Waals surface area contributed by atoms with E-state index in [1.54, 1.807) is 31.2 Å². The first-order chi connectivity index (χ1) is 15.1. The van der Waals surface area contributed by atoms with E-state index in [1.165, 1.54) is 25.1 Å². The van der Waals surface area contributed by atoms with Gasteiger partial charge in [-0.05, 0) is 31.2 Å². The number of hydrogen-bond donors (Lipinski definition) is 1. The van der Waals surface area contributed by atoms with Crippen LogP contribution in [0.2, 0.25) is 0 Å². The van der Waals surface area contributed by atoms with Gasteiger partial charge in [0.25, 0.3) is 5.69 Å². The number of anilines is 2. The number of likely N-dealkylation sites (N-methyl/N-ethyl adjacent to an activating group) is 1. The lowest BCUT2D eigenvalue weighted by Gasteiger charge is -2.29. The number of nitrogens with one attached hydrogen (secondary N) is 1. The second-order valence-corrected chi connectivity index (χ2v) is 9.25. The molecule has 1 atom stereocenters. The zero-order valence-corrected chi connectivity index (χ0v) is 18.5. The average molecular weight is 462 g/mol. The van der Waals surface area contributed by atoms with Crippen molar-refractivity contribution in [1.29, 1.82) is 0 Å². The number of amides is 2. The van der Waals surface area contributed by atoms with E-state index in [0.29, 0.717) is 11.4 Å². The minimum absolute atomic E-state index is 0.0286. The highest BCUT2D eigenvalue weighted by molar-refractivity contribution is 7.89. The van der Waals surface area contributed by atoms with Crippen LogP contribution in [0.1, 0.15) is 13.3 Å². The van der Waals surface area contributed by atoms with Crippen molar-refractivity contribution in [2.45, 2.75) is 24.3 Å². The Bertz CT molecular complexity index is 1180. The van der Waals surface area contributed by atoms with Crippen molar-refractivity contribution in [3.63, 3.8) is 0 Å². The van der Waals surface area contributed by atoms with Gasteiger partial charge in [0.1, 0.15) is 5.75 Å². The summed E-state index contributed by atoms with van der Waals surface area (Å²) in [5.74, 6) is -0.722. The molecule has 12 heteroatoms. The highest BCUT2D eigenvalue weighted by Gasteiger charge is 2.35. The number of nitro groups is 1. The number of fused-ring (bicyclic) bond motifs is 1. The predicted molar refractivity (Wildman–Crippen MR) is 116 cm³/mol. The summed E-state index contributed by atoms with van der Waals surface area (Å²) in [5, 5.41) is 14.2. The van der Waals surface area contributed by atoms with Crippen molar-refractivity contribution in [1.82, 2.24) is 4.31 Å². The van der Waals surface area contributed by atoms with Gasteiger partial charge in [-0.3, -0.25) is 19.7 Å². The number of hydrogen-bond acceptors (Lipinski definition) is 7. The van der Waals surface area contributed by atoms with Gasteiger partial charge in [0, 0.05) is 19.5 Å². The molecule has 32 heavy (non-hydrogen) atoms. The maximum absolute atomic E-state index is 13.2. The molecular formula is C20H22N4O7S. The molecule has 0 saturated heterocycles. The standard InChI is InChI=1S/C20H22N4O7S/c1-13-10-19(25)21-15-6-4-5-7-16(15)23(13)20(26)12-22(2)32(29,30)18-9-8-14(31-3)11-17(18)24(27)28/h4-9,11,13H,10,12H2,1-3H3,(H,21,25). The van der Waals surface area contributed by atoms with E-state index in [0.717, 1.165) is 16.4 Å². The van der Waals surface area contributed by atoms with Gasteiger partial charge < -0.3 is 15.0 Å². The van der Waals surface area contributed by atoms with E-state index in [1.807, 2.05) is 0 Å². The Kier molecular flexibility index (Phi) is 6.46. The van der Waals surface area contributed by atoms with Crippen LogP contribution in [0.4, 0.5) is 17.1 Å². The number of rotatable bonds is 6. The first-order valence-corrected chi connectivity index (χ1v) is 11.0. The fourth-order valence-electron chi connectivity index (χ4n) is 3.47. The number of sulfonamides is 1. The van der Waals surface area contributed by atoms with E-state index < -0.39 is 44.0 Å². The van der Waals surface area contributed by atoms with Crippen LogP contribution in [-0.4, -0.2) is 56.2 Å². The van der Waals surface area contributed by atoms with E-state index in [-0.39, 0.29) is 18.1 Å². The van der Waals surface area contributed by atoms with Crippen LogP contribution < -0.4 is 15.0 Å². The van der Waals surface area contributed by atoms with Gasteiger partial charge in [-0.1, -0.05) is 12.1 Å². The third-order valence-electron chi connectivity index (χ3n) is 5.04. The third kappa shape index (κ3) is 4.41. The summed E-state index contributed by atoms with van der Waals surface area (Å²) in [6.07, 6.45) is 0.0286. The molecule has 1 aliphatic heterocycles. The lowest BCUT2D eigenvalue weighted by Crippen LogP contribution is -2.45. The Morgan fingerprint density at radius 2 is 2.00 bits per heavy atom. The monoisotopic (exact) mass is 462 g/mol. The maximum atomic E-state index is 13.2. The quantitative estimate of drug-likeness (QED) is 0.511. The molecule has 0 saturated carbocycles. The Morgan fingerprint density at radius 3 is 2.66 bits per heavy atom. The second-order valence-electron chi connectivity index (χ2n) is 7.23. The van der Waals surface area contributed by atoms with Crippen LogP contribution in [-0.2, 0) is 19.6 Å². The third-order valence-corrected chi connectivity index (χ3v) is 6.89. The fraction of sp³-hybridized carbons (Fsp3) is 0.300. The number of nitro benzene ring substituents is 1. The molecule has 0 fully saturated rings. The Labute approximate surface area is 184 Å². The van der Waals surface area contributed by atoms with E-state index in [2.05, 4.69) is 5.32 Å². The summed E-state index contributed by atoms with van der Waals surface area (Å²) in [5.41, 5.74) is 0.218. The summed E-state index contributed by atoms with van der Waals surface area (Å²) < 4.78 is 31.8. The molecule has 0 aliphatic carbocycles. The number of nitrogens with zero attached hydrogens (tertiary/aromatic N) is 3. The Balaban J connectivity index is 1.93. The van der Waals surface area contributed by atoms with Crippen molar-refractivity contribution in [3.05, 3.63) is 52.6 Å². The Morgan fingerprint density at radius 1 is 1.31 bits per heavy atom. The minimum atomic E-state index is -4.38. The van der Waals surface area contributed by atoms with Crippen LogP contribution in [0.25, 0.3) is 0 Å². The largest absolute Gasteiger partial charge is 0.497 e. The highest BCUT2D eigenvalue weighted by atomic mass is 32.2. The number of para-hydroxylation sites is 2. The molecule has 0 spiro atoms. The molecule has 1 heterocycles. The van der Waals surface area contributed by atoms with E-state index in [9.17, 15) is 28.1 Å². The van der Waals surface area contributed by atoms with Crippen LogP contribution >= 0.6 is 0 Å². The number of benzene rings is 2. The van der Waals surface area contributed by atoms with Crippen LogP contribution in [0, 0.1) is 10.1 Å². The molecule has 1 aliphatic rings. The number of carbonyl (C=O) groups is 2. The van der Waals surface area contributed by atoms with Crippen molar-refractivity contribution in [3.8, 4) is 5.75 Å².